The molecule has 2 rings (SSSR count). The lowest BCUT2D eigenvalue weighted by Crippen LogP contribution is -2.40. The summed E-state index contributed by atoms with van der Waals surface area (Å²) >= 11 is 0. The average molecular weight is 382 g/mol. The van der Waals surface area contributed by atoms with Crippen LogP contribution in [-0.4, -0.2) is 55.5 Å². The van der Waals surface area contributed by atoms with Gasteiger partial charge in [-0.1, -0.05) is 12.1 Å². The van der Waals surface area contributed by atoms with Crippen molar-refractivity contribution in [2.45, 2.75) is 25.5 Å². The number of likely N-dealkylation sites (N-methyl/N-ethyl adjacent to an activating group) is 1. The number of alkyl halides is 2. The Labute approximate surface area is 154 Å². The van der Waals surface area contributed by atoms with Crippen molar-refractivity contribution in [2.75, 3.05) is 20.2 Å². The van der Waals surface area contributed by atoms with Gasteiger partial charge < -0.3 is 19.7 Å². The largest absolute Gasteiger partial charge is 0.452 e. The Morgan fingerprint density at radius 1 is 1.26 bits per heavy atom. The van der Waals surface area contributed by atoms with Gasteiger partial charge in [0.25, 0.3) is 5.91 Å². The first-order valence-electron chi connectivity index (χ1n) is 8.26. The molecule has 1 N–H and O–H groups in total. The highest BCUT2D eigenvalue weighted by Crippen LogP contribution is 2.18. The van der Waals surface area contributed by atoms with Gasteiger partial charge in [0.05, 0.1) is 6.54 Å². The molecule has 2 amide bonds. The van der Waals surface area contributed by atoms with Crippen LogP contribution < -0.4 is 10.1 Å². The van der Waals surface area contributed by atoms with Crippen LogP contribution in [0.1, 0.15) is 18.4 Å². The molecule has 0 aromatic heterocycles. The number of ether oxygens (including phenoxy) is 2. The van der Waals surface area contributed by atoms with Crippen molar-refractivity contribution in [2.24, 2.45) is 0 Å². The summed E-state index contributed by atoms with van der Waals surface area (Å²) in [5.41, 5.74) is 0.564. The molecule has 1 aromatic carbocycles. The van der Waals surface area contributed by atoms with Crippen LogP contribution in [0.3, 0.4) is 0 Å². The SMILES string of the molecule is CN(CC(=O)NC1CC1)C(=O)COC(=O)/C=C/c1ccc(OC(F)F)cc1. The van der Waals surface area contributed by atoms with Crippen molar-refractivity contribution in [3.63, 3.8) is 0 Å². The number of rotatable bonds is 9. The number of halogens is 2. The van der Waals surface area contributed by atoms with E-state index >= 15 is 0 Å². The minimum Gasteiger partial charge on any atom is -0.452 e. The van der Waals surface area contributed by atoms with Crippen molar-refractivity contribution in [1.82, 2.24) is 10.2 Å². The molecule has 0 radical (unpaired) electrons. The molecule has 0 heterocycles. The van der Waals surface area contributed by atoms with Gasteiger partial charge in [-0.3, -0.25) is 9.59 Å². The van der Waals surface area contributed by atoms with Gasteiger partial charge in [-0.15, -0.1) is 0 Å². The molecule has 0 aliphatic heterocycles. The zero-order chi connectivity index (χ0) is 19.8. The van der Waals surface area contributed by atoms with Gasteiger partial charge in [-0.25, -0.2) is 4.79 Å². The van der Waals surface area contributed by atoms with E-state index in [-0.39, 0.29) is 24.2 Å². The molecule has 1 aliphatic rings. The predicted octanol–water partition coefficient (Wildman–Crippen LogP) is 1.58. The molecule has 0 bridgehead atoms. The number of hydrogen-bond acceptors (Lipinski definition) is 5. The number of nitrogens with one attached hydrogen (secondary N) is 1. The van der Waals surface area contributed by atoms with Gasteiger partial charge in [-0.2, -0.15) is 8.78 Å². The Balaban J connectivity index is 1.71. The van der Waals surface area contributed by atoms with Crippen molar-refractivity contribution in [1.29, 1.82) is 0 Å². The number of nitrogens with zero attached hydrogens (tertiary/aromatic N) is 1. The normalized spacial score (nSPS) is 13.5. The fraction of sp³-hybridized carbons (Fsp3) is 0.389. The summed E-state index contributed by atoms with van der Waals surface area (Å²) in [7, 11) is 1.45. The van der Waals surface area contributed by atoms with E-state index in [1.807, 2.05) is 0 Å². The molecule has 1 fully saturated rings. The van der Waals surface area contributed by atoms with Crippen LogP contribution in [0.2, 0.25) is 0 Å². The molecule has 1 aromatic rings. The fourth-order valence-electron chi connectivity index (χ4n) is 2.02. The summed E-state index contributed by atoms with van der Waals surface area (Å²) in [6.45, 7) is -3.50. The second-order valence-electron chi connectivity index (χ2n) is 5.98. The summed E-state index contributed by atoms with van der Waals surface area (Å²) in [6, 6.07) is 5.85. The molecule has 7 nitrogen and oxygen atoms in total. The quantitative estimate of drug-likeness (QED) is 0.518. The first-order valence-corrected chi connectivity index (χ1v) is 8.26. The molecule has 1 saturated carbocycles. The second-order valence-corrected chi connectivity index (χ2v) is 5.98. The number of carbonyl (C=O) groups is 3. The van der Waals surface area contributed by atoms with E-state index in [1.54, 1.807) is 0 Å². The monoisotopic (exact) mass is 382 g/mol. The van der Waals surface area contributed by atoms with Crippen LogP contribution >= 0.6 is 0 Å². The molecule has 1 aliphatic carbocycles. The maximum absolute atomic E-state index is 12.1. The van der Waals surface area contributed by atoms with Gasteiger partial charge in [0.2, 0.25) is 5.91 Å². The topological polar surface area (TPSA) is 84.9 Å². The minimum atomic E-state index is -2.91. The van der Waals surface area contributed by atoms with Crippen molar-refractivity contribution in [3.05, 3.63) is 35.9 Å². The summed E-state index contributed by atoms with van der Waals surface area (Å²) in [6.07, 6.45) is 4.42. The van der Waals surface area contributed by atoms with E-state index in [2.05, 4.69) is 10.1 Å². The first kappa shape index (κ1) is 20.3. The Kier molecular flexibility index (Phi) is 7.27. The predicted molar refractivity (Wildman–Crippen MR) is 91.9 cm³/mol. The molecular weight excluding hydrogens is 362 g/mol. The smallest absolute Gasteiger partial charge is 0.387 e. The number of amides is 2. The summed E-state index contributed by atoms with van der Waals surface area (Å²) in [4.78, 5) is 36.3. The van der Waals surface area contributed by atoms with Gasteiger partial charge in [0, 0.05) is 19.2 Å². The van der Waals surface area contributed by atoms with E-state index in [0.29, 0.717) is 5.56 Å². The van der Waals surface area contributed by atoms with Crippen molar-refractivity contribution >= 4 is 23.9 Å². The zero-order valence-corrected chi connectivity index (χ0v) is 14.7. The lowest BCUT2D eigenvalue weighted by Gasteiger charge is -2.16. The van der Waals surface area contributed by atoms with Crippen LogP contribution in [0.15, 0.2) is 30.3 Å². The Bertz CT molecular complexity index is 702. The Hall–Kier alpha value is -2.97. The average Bonchev–Trinajstić information content (AvgIpc) is 3.42. The van der Waals surface area contributed by atoms with Crippen LogP contribution in [0.4, 0.5) is 8.78 Å². The third-order valence-electron chi connectivity index (χ3n) is 3.60. The van der Waals surface area contributed by atoms with Crippen molar-refractivity contribution < 1.29 is 32.6 Å². The van der Waals surface area contributed by atoms with Gasteiger partial charge in [0.15, 0.2) is 6.61 Å². The third kappa shape index (κ3) is 7.85. The molecule has 0 unspecified atom stereocenters. The Morgan fingerprint density at radius 2 is 1.93 bits per heavy atom. The van der Waals surface area contributed by atoms with E-state index in [1.165, 1.54) is 42.3 Å². The maximum Gasteiger partial charge on any atom is 0.387 e. The van der Waals surface area contributed by atoms with Gasteiger partial charge >= 0.3 is 12.6 Å². The van der Waals surface area contributed by atoms with Gasteiger partial charge in [0.1, 0.15) is 5.75 Å². The van der Waals surface area contributed by atoms with Crippen LogP contribution in [0, 0.1) is 0 Å². The molecule has 0 atom stereocenters. The highest BCUT2D eigenvalue weighted by atomic mass is 19.3. The summed E-state index contributed by atoms with van der Waals surface area (Å²) in [5.74, 6) is -1.49. The molecule has 0 spiro atoms. The molecule has 9 heteroatoms. The second kappa shape index (κ2) is 9.65. The molecule has 27 heavy (non-hydrogen) atoms. The van der Waals surface area contributed by atoms with Crippen LogP contribution in [0.25, 0.3) is 6.08 Å². The Morgan fingerprint density at radius 3 is 2.52 bits per heavy atom. The molecule has 146 valence electrons. The number of benzene rings is 1. The fourth-order valence-corrected chi connectivity index (χ4v) is 2.02. The van der Waals surface area contributed by atoms with Crippen molar-refractivity contribution in [3.8, 4) is 5.75 Å². The standard InChI is InChI=1S/C18H20F2N2O5/c1-22(10-15(23)21-13-5-6-13)16(24)11-26-17(25)9-4-12-2-7-14(8-3-12)27-18(19)20/h2-4,7-9,13,18H,5-6,10-11H2,1H3,(H,21,23)/b9-4+. The third-order valence-corrected chi connectivity index (χ3v) is 3.60. The highest BCUT2D eigenvalue weighted by molar-refractivity contribution is 5.90. The molecule has 0 saturated heterocycles. The zero-order valence-electron chi connectivity index (χ0n) is 14.7. The minimum absolute atomic E-state index is 0.00378. The summed E-state index contributed by atoms with van der Waals surface area (Å²) < 4.78 is 33.2. The molecular formula is C18H20F2N2O5. The van der Waals surface area contributed by atoms with Gasteiger partial charge in [-0.05, 0) is 36.6 Å². The summed E-state index contributed by atoms with van der Waals surface area (Å²) in [5, 5.41) is 2.75. The van der Waals surface area contributed by atoms with Crippen LogP contribution in [0.5, 0.6) is 5.75 Å². The maximum atomic E-state index is 12.1. The number of esters is 1. The van der Waals surface area contributed by atoms with Crippen LogP contribution in [-0.2, 0) is 19.1 Å². The van der Waals surface area contributed by atoms with E-state index in [4.69, 9.17) is 4.74 Å². The van der Waals surface area contributed by atoms with E-state index in [9.17, 15) is 23.2 Å². The first-order chi connectivity index (χ1) is 12.8. The lowest BCUT2D eigenvalue weighted by atomic mass is 10.2. The number of carbonyl (C=O) groups excluding carboxylic acids is 3. The lowest BCUT2D eigenvalue weighted by molar-refractivity contribution is -0.148. The van der Waals surface area contributed by atoms with E-state index in [0.717, 1.165) is 18.9 Å². The van der Waals surface area contributed by atoms with E-state index < -0.39 is 25.1 Å². The number of hydrogen-bond donors (Lipinski definition) is 1. The highest BCUT2D eigenvalue weighted by Gasteiger charge is 2.24.